The van der Waals surface area contributed by atoms with Crippen molar-refractivity contribution in [1.82, 2.24) is 5.32 Å². The highest BCUT2D eigenvalue weighted by Gasteiger charge is 2.08. The van der Waals surface area contributed by atoms with Crippen LogP contribution in [0.2, 0.25) is 0 Å². The second-order valence-electron chi connectivity index (χ2n) is 5.88. The smallest absolute Gasteiger partial charge is 0.313 e. The third-order valence-corrected chi connectivity index (χ3v) is 3.15. The molecule has 0 saturated heterocycles. The van der Waals surface area contributed by atoms with Gasteiger partial charge in [-0.15, -0.1) is 0 Å². The molecule has 1 atom stereocenters. The Kier molecular flexibility index (Phi) is 9.50. The Balaban J connectivity index is 2.50. The Morgan fingerprint density at radius 1 is 1.32 bits per heavy atom. The molecule has 0 fully saturated rings. The minimum absolute atomic E-state index is 0.175. The van der Waals surface area contributed by atoms with Crippen molar-refractivity contribution in [3.8, 4) is 5.75 Å². The highest BCUT2D eigenvalue weighted by Crippen LogP contribution is 2.15. The summed E-state index contributed by atoms with van der Waals surface area (Å²) in [6.07, 6.45) is 2.09. The number of rotatable bonds is 11. The van der Waals surface area contributed by atoms with Gasteiger partial charge in [0, 0.05) is 12.6 Å². The number of hydrogen-bond donors (Lipinski definition) is 2. The van der Waals surface area contributed by atoms with Crippen LogP contribution in [0.25, 0.3) is 6.08 Å². The molecule has 1 aromatic carbocycles. The van der Waals surface area contributed by atoms with E-state index in [4.69, 9.17) is 9.47 Å². The van der Waals surface area contributed by atoms with Gasteiger partial charge >= 0.3 is 5.97 Å². The predicted molar refractivity (Wildman–Crippen MR) is 96.4 cm³/mol. The number of hydrogen-bond acceptors (Lipinski definition) is 6. The minimum atomic E-state index is -0.604. The monoisotopic (exact) mass is 349 g/mol. The van der Waals surface area contributed by atoms with E-state index >= 15 is 0 Å². The minimum Gasteiger partial charge on any atom is -0.491 e. The summed E-state index contributed by atoms with van der Waals surface area (Å²) in [6.45, 7) is 6.60. The number of carbonyl (C=O) groups excluding carboxylic acids is 2. The lowest BCUT2D eigenvalue weighted by Crippen LogP contribution is -2.35. The molecular weight excluding hydrogens is 322 g/mol. The van der Waals surface area contributed by atoms with Gasteiger partial charge in [0.25, 0.3) is 0 Å². The molecule has 1 rings (SSSR count). The first kappa shape index (κ1) is 20.9. The Morgan fingerprint density at radius 3 is 2.76 bits per heavy atom. The molecule has 0 heterocycles. The van der Waals surface area contributed by atoms with Crippen molar-refractivity contribution < 1.29 is 24.2 Å². The van der Waals surface area contributed by atoms with Crippen LogP contribution in [0.15, 0.2) is 30.3 Å². The molecule has 0 amide bonds. The highest BCUT2D eigenvalue weighted by atomic mass is 16.5. The summed E-state index contributed by atoms with van der Waals surface area (Å²) in [6, 6.07) is 7.45. The van der Waals surface area contributed by atoms with E-state index in [1.165, 1.54) is 6.08 Å². The number of esters is 1. The molecule has 0 radical (unpaired) electrons. The zero-order chi connectivity index (χ0) is 18.7. The van der Waals surface area contributed by atoms with E-state index in [2.05, 4.69) is 5.32 Å². The van der Waals surface area contributed by atoms with Crippen molar-refractivity contribution in [2.75, 3.05) is 19.8 Å². The van der Waals surface area contributed by atoms with Gasteiger partial charge in [0.2, 0.25) is 0 Å². The van der Waals surface area contributed by atoms with Crippen molar-refractivity contribution in [2.24, 2.45) is 0 Å². The molecule has 1 unspecified atom stereocenters. The molecule has 1 aromatic rings. The Labute approximate surface area is 148 Å². The molecule has 2 N–H and O–H groups in total. The van der Waals surface area contributed by atoms with Crippen LogP contribution in [-0.2, 0) is 14.3 Å². The Hall–Kier alpha value is -2.18. The Bertz CT molecular complexity index is 583. The lowest BCUT2D eigenvalue weighted by atomic mass is 10.1. The molecule has 0 saturated carbocycles. The van der Waals surface area contributed by atoms with Crippen LogP contribution in [0.1, 0.15) is 32.8 Å². The first-order chi connectivity index (χ1) is 11.9. The van der Waals surface area contributed by atoms with Crippen molar-refractivity contribution >= 4 is 17.8 Å². The van der Waals surface area contributed by atoms with Crippen LogP contribution in [-0.4, -0.2) is 48.8 Å². The summed E-state index contributed by atoms with van der Waals surface area (Å²) in [4.78, 5) is 22.9. The zero-order valence-electron chi connectivity index (χ0n) is 15.0. The summed E-state index contributed by atoms with van der Waals surface area (Å²) in [5.74, 6) is -0.248. The summed E-state index contributed by atoms with van der Waals surface area (Å²) in [7, 11) is 0. The number of ether oxygens (including phenoxy) is 2. The summed E-state index contributed by atoms with van der Waals surface area (Å²) in [5, 5.41) is 13.0. The number of aliphatic hydroxyl groups is 1. The van der Waals surface area contributed by atoms with Crippen molar-refractivity contribution in [2.45, 2.75) is 39.3 Å². The van der Waals surface area contributed by atoms with Gasteiger partial charge in [-0.1, -0.05) is 32.1 Å². The van der Waals surface area contributed by atoms with Crippen molar-refractivity contribution in [3.63, 3.8) is 0 Å². The fourth-order valence-electron chi connectivity index (χ4n) is 1.93. The van der Waals surface area contributed by atoms with Crippen molar-refractivity contribution in [1.29, 1.82) is 0 Å². The fourth-order valence-corrected chi connectivity index (χ4v) is 1.93. The average Bonchev–Trinajstić information content (AvgIpc) is 2.57. The normalized spacial score (nSPS) is 12.4. The number of carbonyl (C=O) groups is 2. The quantitative estimate of drug-likeness (QED) is 0.361. The molecule has 0 aliphatic carbocycles. The number of aliphatic hydroxyl groups excluding tert-OH is 1. The maximum atomic E-state index is 11.7. The van der Waals surface area contributed by atoms with Crippen LogP contribution in [0.5, 0.6) is 5.75 Å². The molecule has 138 valence electrons. The number of allylic oxidation sites excluding steroid dienone is 1. The summed E-state index contributed by atoms with van der Waals surface area (Å²) in [5.41, 5.74) is 0.768. The van der Waals surface area contributed by atoms with Gasteiger partial charge < -0.3 is 19.9 Å². The van der Waals surface area contributed by atoms with E-state index in [9.17, 15) is 14.7 Å². The highest BCUT2D eigenvalue weighted by molar-refractivity contribution is 6.03. The molecule has 0 spiro atoms. The van der Waals surface area contributed by atoms with E-state index in [0.717, 1.165) is 5.56 Å². The third-order valence-electron chi connectivity index (χ3n) is 3.15. The molecule has 0 aliphatic heterocycles. The Morgan fingerprint density at radius 2 is 2.08 bits per heavy atom. The molecule has 0 aromatic heterocycles. The van der Waals surface area contributed by atoms with Gasteiger partial charge in [-0.3, -0.25) is 9.59 Å². The molecule has 6 nitrogen and oxygen atoms in total. The van der Waals surface area contributed by atoms with Gasteiger partial charge in [0.1, 0.15) is 24.9 Å². The van der Waals surface area contributed by atoms with Gasteiger partial charge in [0.05, 0.1) is 6.61 Å². The third kappa shape index (κ3) is 9.64. The maximum Gasteiger partial charge on any atom is 0.313 e. The lowest BCUT2D eigenvalue weighted by Gasteiger charge is -2.15. The standard InChI is InChI=1S/C19H27NO5/c1-4-24-19(23)11-16(21)9-8-15-6-5-7-18(10-15)25-13-17(22)12-20-14(2)3/h5-10,14,17,20,22H,4,11-13H2,1-3H3. The molecule has 0 bridgehead atoms. The van der Waals surface area contributed by atoms with Gasteiger partial charge in [-0.05, 0) is 30.7 Å². The van der Waals surface area contributed by atoms with Gasteiger partial charge in [0.15, 0.2) is 5.78 Å². The first-order valence-corrected chi connectivity index (χ1v) is 8.41. The first-order valence-electron chi connectivity index (χ1n) is 8.41. The van der Waals surface area contributed by atoms with E-state index < -0.39 is 12.1 Å². The topological polar surface area (TPSA) is 84.9 Å². The van der Waals surface area contributed by atoms with E-state index in [1.807, 2.05) is 19.9 Å². The van der Waals surface area contributed by atoms with Crippen LogP contribution in [0.3, 0.4) is 0 Å². The van der Waals surface area contributed by atoms with Crippen LogP contribution >= 0.6 is 0 Å². The van der Waals surface area contributed by atoms with Gasteiger partial charge in [-0.2, -0.15) is 0 Å². The maximum absolute atomic E-state index is 11.7. The van der Waals surface area contributed by atoms with Crippen LogP contribution < -0.4 is 10.1 Å². The molecule has 0 aliphatic rings. The number of benzene rings is 1. The van der Waals surface area contributed by atoms with Crippen LogP contribution in [0, 0.1) is 0 Å². The second kappa shape index (κ2) is 11.4. The van der Waals surface area contributed by atoms with E-state index in [0.29, 0.717) is 18.3 Å². The van der Waals surface area contributed by atoms with E-state index in [1.54, 1.807) is 31.2 Å². The molecular formula is C19H27NO5. The summed E-state index contributed by atoms with van der Waals surface area (Å²) >= 11 is 0. The zero-order valence-corrected chi connectivity index (χ0v) is 15.0. The summed E-state index contributed by atoms with van der Waals surface area (Å²) < 4.78 is 10.3. The SMILES string of the molecule is CCOC(=O)CC(=O)C=Cc1cccc(OCC(O)CNC(C)C)c1. The largest absolute Gasteiger partial charge is 0.491 e. The molecule has 6 heteroatoms. The van der Waals surface area contributed by atoms with E-state index in [-0.39, 0.29) is 25.4 Å². The second-order valence-corrected chi connectivity index (χ2v) is 5.88. The predicted octanol–water partition coefficient (Wildman–Crippen LogP) is 1.96. The van der Waals surface area contributed by atoms with Gasteiger partial charge in [-0.25, -0.2) is 0 Å². The fraction of sp³-hybridized carbons (Fsp3) is 0.474. The average molecular weight is 349 g/mol. The van der Waals surface area contributed by atoms with Crippen molar-refractivity contribution in [3.05, 3.63) is 35.9 Å². The molecule has 25 heavy (non-hydrogen) atoms. The lowest BCUT2D eigenvalue weighted by molar-refractivity contribution is -0.144. The number of ketones is 1. The van der Waals surface area contributed by atoms with Crippen LogP contribution in [0.4, 0.5) is 0 Å². The number of nitrogens with one attached hydrogen (secondary N) is 1.